The number of hydrogen-bond donors (Lipinski definition) is 2. The number of carbonyl (C=O) groups excluding carboxylic acids is 1. The minimum atomic E-state index is -4.05. The number of aryl methyl sites for hydroxylation is 1. The number of carbonyl (C=O) groups is 1. The number of imidazole rings is 1. The van der Waals surface area contributed by atoms with Gasteiger partial charge in [0.1, 0.15) is 11.9 Å². The second kappa shape index (κ2) is 12.3. The third-order valence-electron chi connectivity index (χ3n) is 7.00. The highest BCUT2D eigenvalue weighted by atomic mass is 32.2. The molecule has 0 spiro atoms. The molecule has 11 nitrogen and oxygen atoms in total. The van der Waals surface area contributed by atoms with Gasteiger partial charge in [-0.25, -0.2) is 4.98 Å². The minimum absolute atomic E-state index is 0.134. The van der Waals surface area contributed by atoms with Gasteiger partial charge in [0.2, 0.25) is 0 Å². The lowest BCUT2D eigenvalue weighted by molar-refractivity contribution is 0.0344. The Balaban J connectivity index is 1.68. The molecule has 1 aliphatic heterocycles. The third kappa shape index (κ3) is 6.57. The van der Waals surface area contributed by atoms with Crippen molar-refractivity contribution in [1.82, 2.24) is 19.4 Å². The molecule has 12 heteroatoms. The molecule has 4 rings (SSSR count). The summed E-state index contributed by atoms with van der Waals surface area (Å²) in [7, 11) is 1.24. The zero-order valence-electron chi connectivity index (χ0n) is 23.4. The number of ether oxygens (including phenoxy) is 2. The normalized spacial score (nSPS) is 18.5. The third-order valence-corrected chi connectivity index (χ3v) is 8.25. The predicted octanol–water partition coefficient (Wildman–Crippen LogP) is 2.58. The van der Waals surface area contributed by atoms with Gasteiger partial charge in [-0.3, -0.25) is 14.4 Å². The van der Waals surface area contributed by atoms with E-state index < -0.39 is 22.2 Å². The average Bonchev–Trinajstić information content (AvgIpc) is 3.38. The first-order chi connectivity index (χ1) is 19.0. The number of anilines is 1. The summed E-state index contributed by atoms with van der Waals surface area (Å²) in [6, 6.07) is 12.2. The Hall–Kier alpha value is -3.61. The minimum Gasteiger partial charge on any atom is -0.497 e. The maximum absolute atomic E-state index is 13.7. The van der Waals surface area contributed by atoms with E-state index in [1.165, 1.54) is 17.1 Å². The molecule has 40 heavy (non-hydrogen) atoms. The molecular formula is C28H37N5O6S. The number of aromatic nitrogens is 2. The van der Waals surface area contributed by atoms with Gasteiger partial charge >= 0.3 is 0 Å². The molecular weight excluding hydrogens is 534 g/mol. The molecule has 0 bridgehead atoms. The van der Waals surface area contributed by atoms with Gasteiger partial charge in [-0.1, -0.05) is 25.1 Å². The van der Waals surface area contributed by atoms with Crippen molar-refractivity contribution in [2.45, 2.75) is 37.6 Å². The second-order valence-electron chi connectivity index (χ2n) is 10.3. The van der Waals surface area contributed by atoms with Crippen molar-refractivity contribution in [3.8, 4) is 11.5 Å². The lowest BCUT2D eigenvalue weighted by atomic mass is 9.99. The molecule has 3 aromatic rings. The van der Waals surface area contributed by atoms with Crippen molar-refractivity contribution >= 4 is 21.6 Å². The fourth-order valence-corrected chi connectivity index (χ4v) is 5.73. The van der Waals surface area contributed by atoms with Crippen LogP contribution >= 0.6 is 0 Å². The maximum atomic E-state index is 13.7. The number of benzene rings is 2. The maximum Gasteiger partial charge on any atom is 0.281 e. The Morgan fingerprint density at radius 3 is 2.60 bits per heavy atom. The number of amides is 1. The molecule has 2 N–H and O–H groups in total. The first-order valence-corrected chi connectivity index (χ1v) is 14.5. The van der Waals surface area contributed by atoms with Crippen LogP contribution in [0.2, 0.25) is 0 Å². The number of fused-ring (bicyclic) bond motifs is 1. The van der Waals surface area contributed by atoms with Crippen LogP contribution in [0.25, 0.3) is 0 Å². The van der Waals surface area contributed by atoms with Crippen LogP contribution in [-0.2, 0) is 23.6 Å². The number of nitrogens with zero attached hydrogens (tertiary/aromatic N) is 4. The molecule has 2 aromatic carbocycles. The van der Waals surface area contributed by atoms with Gasteiger partial charge in [0, 0.05) is 38.8 Å². The van der Waals surface area contributed by atoms with Crippen LogP contribution < -0.4 is 14.2 Å². The Labute approximate surface area is 235 Å². The lowest BCUT2D eigenvalue weighted by Gasteiger charge is -2.38. The molecule has 0 unspecified atom stereocenters. The van der Waals surface area contributed by atoms with Crippen LogP contribution in [0.15, 0.2) is 60.0 Å². The molecule has 1 amide bonds. The van der Waals surface area contributed by atoms with Gasteiger partial charge in [-0.05, 0) is 43.8 Å². The van der Waals surface area contributed by atoms with Crippen molar-refractivity contribution in [3.63, 3.8) is 0 Å². The van der Waals surface area contributed by atoms with Crippen LogP contribution in [0.4, 0.5) is 5.69 Å². The molecule has 0 aliphatic carbocycles. The lowest BCUT2D eigenvalue weighted by Crippen LogP contribution is -2.49. The van der Waals surface area contributed by atoms with Gasteiger partial charge in [0.15, 0.2) is 10.8 Å². The molecule has 2 heterocycles. The molecule has 1 aromatic heterocycles. The number of hydrogen-bond acceptors (Lipinski definition) is 8. The number of likely N-dealkylation sites (N-methyl/N-ethyl adjacent to an activating group) is 1. The fraction of sp³-hybridized carbons (Fsp3) is 0.429. The summed E-state index contributed by atoms with van der Waals surface area (Å²) in [5, 5.41) is 9.76. The SMILES string of the molecule is COc1ccc(CN(C)C[C@@H]2Oc3c(NS(=O)(=O)c4cn(C)cn4)cccc3C(=O)N([C@@H](C)CO)C[C@@H]2C)cc1. The van der Waals surface area contributed by atoms with Crippen LogP contribution in [0.1, 0.15) is 29.8 Å². The summed E-state index contributed by atoms with van der Waals surface area (Å²) in [6.07, 6.45) is 2.39. The van der Waals surface area contributed by atoms with Gasteiger partial charge < -0.3 is 24.0 Å². The first kappa shape index (κ1) is 29.4. The number of sulfonamides is 1. The summed E-state index contributed by atoms with van der Waals surface area (Å²) < 4.78 is 42.2. The molecule has 216 valence electrons. The Morgan fingerprint density at radius 1 is 1.25 bits per heavy atom. The van der Waals surface area contributed by atoms with Crippen molar-refractivity contribution in [3.05, 3.63) is 66.1 Å². The number of para-hydroxylation sites is 1. The van der Waals surface area contributed by atoms with Gasteiger partial charge in [-0.2, -0.15) is 8.42 Å². The van der Waals surface area contributed by atoms with Crippen LogP contribution in [0.5, 0.6) is 11.5 Å². The average molecular weight is 572 g/mol. The van der Waals surface area contributed by atoms with E-state index in [4.69, 9.17) is 9.47 Å². The molecule has 0 saturated carbocycles. The van der Waals surface area contributed by atoms with Crippen molar-refractivity contribution < 1.29 is 27.8 Å². The summed E-state index contributed by atoms with van der Waals surface area (Å²) in [5.41, 5.74) is 1.46. The molecule has 0 radical (unpaired) electrons. The topological polar surface area (TPSA) is 126 Å². The van der Waals surface area contributed by atoms with Gasteiger partial charge in [-0.15, -0.1) is 0 Å². The van der Waals surface area contributed by atoms with Crippen LogP contribution in [0, 0.1) is 5.92 Å². The fourth-order valence-electron chi connectivity index (χ4n) is 4.68. The van der Waals surface area contributed by atoms with Gasteiger partial charge in [0.05, 0.1) is 37.3 Å². The number of rotatable bonds is 10. The van der Waals surface area contributed by atoms with E-state index in [0.717, 1.165) is 11.3 Å². The predicted molar refractivity (Wildman–Crippen MR) is 151 cm³/mol. The highest BCUT2D eigenvalue weighted by Gasteiger charge is 2.35. The number of aliphatic hydroxyl groups excluding tert-OH is 1. The molecule has 0 fully saturated rings. The van der Waals surface area contributed by atoms with E-state index in [-0.39, 0.29) is 40.5 Å². The molecule has 3 atom stereocenters. The van der Waals surface area contributed by atoms with Crippen LogP contribution in [0.3, 0.4) is 0 Å². The summed E-state index contributed by atoms with van der Waals surface area (Å²) in [5.74, 6) is 0.456. The molecule has 1 aliphatic rings. The van der Waals surface area contributed by atoms with E-state index in [9.17, 15) is 18.3 Å². The standard InChI is InChI=1S/C28H37N5O6S/c1-19-13-33(20(2)17-34)28(35)23-7-6-8-24(30-40(36,37)26-16-32(4)18-29-26)27(23)39-25(19)15-31(3)14-21-9-11-22(38-5)12-10-21/h6-12,16,18-20,25,30,34H,13-15,17H2,1-5H3/t19-,20-,25-/m0/s1. The Kier molecular flexibility index (Phi) is 9.02. The number of methoxy groups -OCH3 is 1. The summed E-state index contributed by atoms with van der Waals surface area (Å²) in [4.78, 5) is 21.4. The Bertz CT molecular complexity index is 1430. The highest BCUT2D eigenvalue weighted by molar-refractivity contribution is 7.92. The van der Waals surface area contributed by atoms with Crippen molar-refractivity contribution in [2.75, 3.05) is 38.6 Å². The zero-order chi connectivity index (χ0) is 29.0. The van der Waals surface area contributed by atoms with Gasteiger partial charge in [0.25, 0.3) is 15.9 Å². The number of aliphatic hydroxyl groups is 1. The largest absolute Gasteiger partial charge is 0.497 e. The zero-order valence-corrected chi connectivity index (χ0v) is 24.3. The summed E-state index contributed by atoms with van der Waals surface area (Å²) in [6.45, 7) is 5.08. The van der Waals surface area contributed by atoms with Crippen molar-refractivity contribution in [2.24, 2.45) is 13.0 Å². The second-order valence-corrected chi connectivity index (χ2v) is 12.0. The monoisotopic (exact) mass is 571 g/mol. The van der Waals surface area contributed by atoms with E-state index in [1.54, 1.807) is 44.2 Å². The van der Waals surface area contributed by atoms with E-state index in [1.807, 2.05) is 38.2 Å². The highest BCUT2D eigenvalue weighted by Crippen LogP contribution is 2.36. The summed E-state index contributed by atoms with van der Waals surface area (Å²) >= 11 is 0. The van der Waals surface area contributed by atoms with Crippen LogP contribution in [-0.4, -0.2) is 84.8 Å². The van der Waals surface area contributed by atoms with E-state index >= 15 is 0 Å². The molecule has 0 saturated heterocycles. The smallest absolute Gasteiger partial charge is 0.281 e. The van der Waals surface area contributed by atoms with E-state index in [2.05, 4.69) is 14.6 Å². The van der Waals surface area contributed by atoms with Crippen molar-refractivity contribution in [1.29, 1.82) is 0 Å². The quantitative estimate of drug-likeness (QED) is 0.380. The Morgan fingerprint density at radius 2 is 1.98 bits per heavy atom. The van der Waals surface area contributed by atoms with E-state index in [0.29, 0.717) is 19.6 Å². The number of nitrogens with one attached hydrogen (secondary N) is 1. The first-order valence-electron chi connectivity index (χ1n) is 13.1.